The topological polar surface area (TPSA) is 84.4 Å². The lowest BCUT2D eigenvalue weighted by Crippen LogP contribution is -2.28. The number of benzene rings is 1. The normalized spacial score (nSPS) is 16.8. The van der Waals surface area contributed by atoms with Crippen LogP contribution in [0.25, 0.3) is 0 Å². The van der Waals surface area contributed by atoms with Crippen molar-refractivity contribution in [2.45, 2.75) is 32.6 Å². The van der Waals surface area contributed by atoms with E-state index < -0.39 is 5.92 Å². The third-order valence-electron chi connectivity index (χ3n) is 4.30. The van der Waals surface area contributed by atoms with Crippen molar-refractivity contribution in [1.82, 2.24) is 10.2 Å². The van der Waals surface area contributed by atoms with Gasteiger partial charge in [0.2, 0.25) is 16.9 Å². The summed E-state index contributed by atoms with van der Waals surface area (Å²) in [6.07, 6.45) is 3.20. The summed E-state index contributed by atoms with van der Waals surface area (Å²) in [6.45, 7) is 2.47. The van der Waals surface area contributed by atoms with Crippen molar-refractivity contribution in [3.05, 3.63) is 29.3 Å². The number of hydrogen-bond acceptors (Lipinski definition) is 6. The molecule has 1 fully saturated rings. The first-order valence-corrected chi connectivity index (χ1v) is 9.50. The highest BCUT2D eigenvalue weighted by Crippen LogP contribution is 2.29. The molecule has 0 radical (unpaired) electrons. The quantitative estimate of drug-likeness (QED) is 0.805. The molecule has 8 heteroatoms. The molecule has 0 aliphatic carbocycles. The number of carbonyl (C=O) groups excluding carboxylic acids is 2. The predicted molar refractivity (Wildman–Crippen MR) is 101 cm³/mol. The zero-order valence-electron chi connectivity index (χ0n) is 14.9. The van der Waals surface area contributed by atoms with Crippen molar-refractivity contribution < 1.29 is 14.3 Å². The van der Waals surface area contributed by atoms with Gasteiger partial charge in [0.25, 0.3) is 0 Å². The zero-order valence-corrected chi connectivity index (χ0v) is 15.7. The summed E-state index contributed by atoms with van der Waals surface area (Å²) in [4.78, 5) is 26.5. The molecule has 0 unspecified atom stereocenters. The Hall–Kier alpha value is -2.48. The van der Waals surface area contributed by atoms with Crippen LogP contribution in [0, 0.1) is 5.92 Å². The number of nitrogens with zero attached hydrogens (tertiary/aromatic N) is 3. The zero-order chi connectivity index (χ0) is 18.5. The summed E-state index contributed by atoms with van der Waals surface area (Å²) < 4.78 is 5.20. The Morgan fingerprint density at radius 2 is 2.27 bits per heavy atom. The Morgan fingerprint density at radius 1 is 1.42 bits per heavy atom. The van der Waals surface area contributed by atoms with Crippen LogP contribution in [0.2, 0.25) is 0 Å². The van der Waals surface area contributed by atoms with Gasteiger partial charge in [-0.1, -0.05) is 30.7 Å². The van der Waals surface area contributed by atoms with Gasteiger partial charge in [-0.2, -0.15) is 0 Å². The number of aromatic nitrogens is 2. The average Bonchev–Trinajstić information content (AvgIpc) is 3.26. The number of rotatable bonds is 7. The lowest BCUT2D eigenvalue weighted by atomic mass is 10.1. The van der Waals surface area contributed by atoms with E-state index in [1.165, 1.54) is 11.3 Å². The molecule has 1 aliphatic heterocycles. The average molecular weight is 374 g/mol. The molecule has 1 aromatic carbocycles. The van der Waals surface area contributed by atoms with Gasteiger partial charge >= 0.3 is 0 Å². The fourth-order valence-electron chi connectivity index (χ4n) is 2.85. The second-order valence-electron chi connectivity index (χ2n) is 6.20. The smallest absolute Gasteiger partial charge is 0.231 e. The van der Waals surface area contributed by atoms with Gasteiger partial charge in [0.1, 0.15) is 10.8 Å². The Kier molecular flexibility index (Phi) is 5.82. The minimum absolute atomic E-state index is 0.0701. The predicted octanol–water partition coefficient (Wildman–Crippen LogP) is 2.88. The molecule has 0 bridgehead atoms. The molecule has 7 nitrogen and oxygen atoms in total. The first kappa shape index (κ1) is 18.3. The number of amides is 2. The summed E-state index contributed by atoms with van der Waals surface area (Å²) in [5.41, 5.74) is 0.738. The first-order chi connectivity index (χ1) is 12.6. The van der Waals surface area contributed by atoms with Crippen molar-refractivity contribution in [3.63, 3.8) is 0 Å². The third-order valence-corrected chi connectivity index (χ3v) is 5.20. The number of anilines is 2. The van der Waals surface area contributed by atoms with Gasteiger partial charge < -0.3 is 15.0 Å². The Morgan fingerprint density at radius 3 is 3.04 bits per heavy atom. The molecule has 2 heterocycles. The number of hydrogen-bond donors (Lipinski definition) is 1. The SMILES string of the molecule is CCCCc1nnc(NC(=O)[C@@H]2CC(=O)N(c3cccc(OC)c3)C2)s1. The maximum Gasteiger partial charge on any atom is 0.231 e. The number of nitrogens with one attached hydrogen (secondary N) is 1. The van der Waals surface area contributed by atoms with E-state index in [0.29, 0.717) is 17.4 Å². The fourth-order valence-corrected chi connectivity index (χ4v) is 3.64. The van der Waals surface area contributed by atoms with E-state index in [-0.39, 0.29) is 18.2 Å². The van der Waals surface area contributed by atoms with Crippen LogP contribution in [-0.2, 0) is 16.0 Å². The summed E-state index contributed by atoms with van der Waals surface area (Å²) in [5, 5.41) is 12.3. The van der Waals surface area contributed by atoms with E-state index in [2.05, 4.69) is 22.4 Å². The molecular formula is C18H22N4O3S. The maximum absolute atomic E-state index is 12.5. The first-order valence-electron chi connectivity index (χ1n) is 8.68. The van der Waals surface area contributed by atoms with Gasteiger partial charge in [0.15, 0.2) is 0 Å². The van der Waals surface area contributed by atoms with Gasteiger partial charge in [0, 0.05) is 31.1 Å². The van der Waals surface area contributed by atoms with E-state index in [1.54, 1.807) is 18.1 Å². The minimum atomic E-state index is -0.406. The van der Waals surface area contributed by atoms with E-state index >= 15 is 0 Å². The molecule has 1 atom stereocenters. The molecule has 2 aromatic rings. The van der Waals surface area contributed by atoms with Crippen LogP contribution in [-0.4, -0.2) is 35.7 Å². The second-order valence-corrected chi connectivity index (χ2v) is 7.26. The highest BCUT2D eigenvalue weighted by atomic mass is 32.1. The number of methoxy groups -OCH3 is 1. The number of aryl methyl sites for hydroxylation is 1. The van der Waals surface area contributed by atoms with Gasteiger partial charge in [-0.3, -0.25) is 9.59 Å². The molecule has 1 saturated heterocycles. The molecule has 1 aromatic heterocycles. The molecule has 26 heavy (non-hydrogen) atoms. The number of carbonyl (C=O) groups is 2. The summed E-state index contributed by atoms with van der Waals surface area (Å²) >= 11 is 1.39. The highest BCUT2D eigenvalue weighted by Gasteiger charge is 2.35. The van der Waals surface area contributed by atoms with Crippen molar-refractivity contribution in [2.75, 3.05) is 23.9 Å². The summed E-state index contributed by atoms with van der Waals surface area (Å²) in [7, 11) is 1.58. The largest absolute Gasteiger partial charge is 0.497 e. The van der Waals surface area contributed by atoms with Crippen LogP contribution in [0.15, 0.2) is 24.3 Å². The Balaban J connectivity index is 1.62. The van der Waals surface area contributed by atoms with Crippen molar-refractivity contribution in [2.24, 2.45) is 5.92 Å². The molecule has 1 aliphatic rings. The Labute approximate surface area is 156 Å². The summed E-state index contributed by atoms with van der Waals surface area (Å²) in [6, 6.07) is 7.28. The van der Waals surface area contributed by atoms with Crippen LogP contribution in [0.5, 0.6) is 5.75 Å². The molecular weight excluding hydrogens is 352 g/mol. The van der Waals surface area contributed by atoms with Gasteiger partial charge in [-0.25, -0.2) is 0 Å². The lowest BCUT2D eigenvalue weighted by Gasteiger charge is -2.17. The van der Waals surface area contributed by atoms with E-state index in [9.17, 15) is 9.59 Å². The molecule has 138 valence electrons. The third kappa shape index (κ3) is 4.19. The standard InChI is InChI=1S/C18H22N4O3S/c1-3-4-8-15-20-21-18(26-15)19-17(24)12-9-16(23)22(11-12)13-6-5-7-14(10-13)25-2/h5-7,10,12H,3-4,8-9,11H2,1-2H3,(H,19,21,24)/t12-/m1/s1. The molecule has 3 rings (SSSR count). The van der Waals surface area contributed by atoms with E-state index in [4.69, 9.17) is 4.74 Å². The fraction of sp³-hybridized carbons (Fsp3) is 0.444. The van der Waals surface area contributed by atoms with E-state index in [0.717, 1.165) is 30.0 Å². The minimum Gasteiger partial charge on any atom is -0.497 e. The van der Waals surface area contributed by atoms with Crippen LogP contribution < -0.4 is 15.0 Å². The number of ether oxygens (including phenoxy) is 1. The van der Waals surface area contributed by atoms with E-state index in [1.807, 2.05) is 18.2 Å². The van der Waals surface area contributed by atoms with Gasteiger partial charge in [-0.05, 0) is 18.6 Å². The van der Waals surface area contributed by atoms with Crippen LogP contribution in [0.1, 0.15) is 31.2 Å². The van der Waals surface area contributed by atoms with Gasteiger partial charge in [0.05, 0.1) is 13.0 Å². The van der Waals surface area contributed by atoms with Gasteiger partial charge in [-0.15, -0.1) is 10.2 Å². The second kappa shape index (κ2) is 8.27. The molecule has 0 saturated carbocycles. The maximum atomic E-state index is 12.5. The highest BCUT2D eigenvalue weighted by molar-refractivity contribution is 7.15. The van der Waals surface area contributed by atoms with Crippen LogP contribution >= 0.6 is 11.3 Å². The number of unbranched alkanes of at least 4 members (excludes halogenated alkanes) is 1. The Bertz CT molecular complexity index is 792. The van der Waals surface area contributed by atoms with Crippen LogP contribution in [0.4, 0.5) is 10.8 Å². The van der Waals surface area contributed by atoms with Crippen molar-refractivity contribution >= 4 is 34.0 Å². The van der Waals surface area contributed by atoms with Crippen molar-refractivity contribution in [3.8, 4) is 5.75 Å². The monoisotopic (exact) mass is 374 g/mol. The molecule has 1 N–H and O–H groups in total. The van der Waals surface area contributed by atoms with Crippen molar-refractivity contribution in [1.29, 1.82) is 0 Å². The summed E-state index contributed by atoms with van der Waals surface area (Å²) in [5.74, 6) is 0.00889. The molecule has 2 amide bonds. The van der Waals surface area contributed by atoms with Crippen LogP contribution in [0.3, 0.4) is 0 Å². The lowest BCUT2D eigenvalue weighted by molar-refractivity contribution is -0.122. The molecule has 0 spiro atoms.